The molecule has 1 aliphatic carbocycles. The van der Waals surface area contributed by atoms with Gasteiger partial charge in [-0.05, 0) is 36.3 Å². The van der Waals surface area contributed by atoms with E-state index in [1.54, 1.807) is 42.2 Å². The number of rotatable bonds is 7. The van der Waals surface area contributed by atoms with Gasteiger partial charge in [-0.15, -0.1) is 11.8 Å². The number of anilines is 1. The highest BCUT2D eigenvalue weighted by Gasteiger charge is 2.27. The minimum Gasteiger partial charge on any atom is -0.301 e. The van der Waals surface area contributed by atoms with Gasteiger partial charge >= 0.3 is 0 Å². The molecule has 0 unspecified atom stereocenters. The van der Waals surface area contributed by atoms with E-state index in [0.29, 0.717) is 11.0 Å². The van der Waals surface area contributed by atoms with E-state index in [4.69, 9.17) is 0 Å². The second kappa shape index (κ2) is 8.75. The molecule has 0 aliphatic heterocycles. The summed E-state index contributed by atoms with van der Waals surface area (Å²) in [5, 5.41) is 3.56. The van der Waals surface area contributed by atoms with Crippen molar-refractivity contribution in [3.63, 3.8) is 0 Å². The molecule has 2 aromatic rings. The molecule has 8 heteroatoms. The van der Waals surface area contributed by atoms with Crippen LogP contribution in [0.2, 0.25) is 0 Å². The molecule has 1 aliphatic rings. The Bertz CT molecular complexity index is 891. The number of nitrogens with one attached hydrogen (secondary N) is 1. The summed E-state index contributed by atoms with van der Waals surface area (Å²) < 4.78 is 24.5. The number of carbonyl (C=O) groups is 1. The maximum atomic E-state index is 13.0. The quantitative estimate of drug-likeness (QED) is 0.643. The molecular weight excluding hydrogens is 400 g/mol. The van der Waals surface area contributed by atoms with Crippen molar-refractivity contribution in [2.75, 3.05) is 17.8 Å². The van der Waals surface area contributed by atoms with Crippen LogP contribution in [0.1, 0.15) is 45.0 Å². The van der Waals surface area contributed by atoms with Crippen LogP contribution in [0.3, 0.4) is 0 Å². The fraction of sp³-hybridized carbons (Fsp3) is 0.474. The van der Waals surface area contributed by atoms with Gasteiger partial charge in [-0.2, -0.15) is 0 Å². The number of sulfone groups is 1. The molecule has 1 fully saturated rings. The van der Waals surface area contributed by atoms with E-state index in [9.17, 15) is 13.2 Å². The Hall–Kier alpha value is -1.38. The fourth-order valence-corrected chi connectivity index (χ4v) is 5.44. The topological polar surface area (TPSA) is 76.1 Å². The number of amides is 1. The summed E-state index contributed by atoms with van der Waals surface area (Å²) in [5.74, 6) is 0.160. The summed E-state index contributed by atoms with van der Waals surface area (Å²) in [6.07, 6.45) is 10.5. The first kappa shape index (κ1) is 20.4. The molecule has 1 N–H and O–H groups in total. The Morgan fingerprint density at radius 3 is 2.56 bits per heavy atom. The monoisotopic (exact) mass is 426 g/mol. The second-order valence-corrected chi connectivity index (χ2v) is 11.1. The van der Waals surface area contributed by atoms with Gasteiger partial charge in [0.1, 0.15) is 0 Å². The van der Waals surface area contributed by atoms with Crippen LogP contribution in [0, 0.1) is 5.92 Å². The van der Waals surface area contributed by atoms with Crippen molar-refractivity contribution >= 4 is 44.0 Å². The van der Waals surface area contributed by atoms with Crippen LogP contribution in [0.15, 0.2) is 39.6 Å². The SMILES string of the molecule is CSc1cnc(NC(=O)[C@H](CC2CCCC2)c2ccc(S(C)(=O)=O)cc2)s1.[HH]. The van der Waals surface area contributed by atoms with Crippen molar-refractivity contribution in [3.05, 3.63) is 36.0 Å². The Balaban J connectivity index is 0.00000280. The van der Waals surface area contributed by atoms with Crippen LogP contribution in [-0.4, -0.2) is 31.8 Å². The molecule has 1 aromatic carbocycles. The molecule has 0 spiro atoms. The van der Waals surface area contributed by atoms with Gasteiger partial charge in [0.15, 0.2) is 15.0 Å². The Kier molecular flexibility index (Phi) is 6.60. The van der Waals surface area contributed by atoms with Crippen molar-refractivity contribution in [2.24, 2.45) is 5.92 Å². The normalized spacial score (nSPS) is 16.4. The van der Waals surface area contributed by atoms with Crippen LogP contribution < -0.4 is 5.32 Å². The smallest absolute Gasteiger partial charge is 0.233 e. The van der Waals surface area contributed by atoms with Gasteiger partial charge in [-0.3, -0.25) is 4.79 Å². The lowest BCUT2D eigenvalue weighted by molar-refractivity contribution is -0.118. The summed E-state index contributed by atoms with van der Waals surface area (Å²) >= 11 is 3.06. The molecule has 1 atom stereocenters. The first-order chi connectivity index (χ1) is 12.9. The maximum absolute atomic E-state index is 13.0. The fourth-order valence-electron chi connectivity index (χ4n) is 3.53. The van der Waals surface area contributed by atoms with Crippen LogP contribution in [0.5, 0.6) is 0 Å². The molecule has 1 saturated carbocycles. The number of nitrogens with zero attached hydrogens (tertiary/aromatic N) is 1. The predicted octanol–water partition coefficient (Wildman–Crippen LogP) is 4.82. The van der Waals surface area contributed by atoms with Crippen molar-refractivity contribution in [3.8, 4) is 0 Å². The van der Waals surface area contributed by atoms with Gasteiger partial charge in [-0.25, -0.2) is 13.4 Å². The largest absolute Gasteiger partial charge is 0.301 e. The third-order valence-electron chi connectivity index (χ3n) is 4.99. The Morgan fingerprint density at radius 1 is 1.33 bits per heavy atom. The summed E-state index contributed by atoms with van der Waals surface area (Å²) in [6.45, 7) is 0. The van der Waals surface area contributed by atoms with Crippen LogP contribution >= 0.6 is 23.1 Å². The highest BCUT2D eigenvalue weighted by atomic mass is 32.2. The summed E-state index contributed by atoms with van der Waals surface area (Å²) in [7, 11) is -3.25. The number of thioether (sulfide) groups is 1. The standard InChI is InChI=1S/C19H24N2O3S3.H2/c1-25-17-12-20-19(26-17)21-18(22)16(11-13-5-3-4-6-13)14-7-9-15(10-8-14)27(2,23)24;/h7-10,12-13,16H,3-6,11H2,1-2H3,(H,20,21,22);1H/t16-;/m1./s1. The molecule has 1 aromatic heterocycles. The van der Waals surface area contributed by atoms with E-state index < -0.39 is 9.84 Å². The van der Waals surface area contributed by atoms with Crippen molar-refractivity contribution in [2.45, 2.75) is 47.1 Å². The zero-order chi connectivity index (χ0) is 19.4. The first-order valence-corrected chi connectivity index (χ1v) is 12.9. The zero-order valence-electron chi connectivity index (χ0n) is 15.5. The molecule has 3 rings (SSSR count). The van der Waals surface area contributed by atoms with E-state index >= 15 is 0 Å². The minimum atomic E-state index is -3.25. The minimum absolute atomic E-state index is 0. The van der Waals surface area contributed by atoms with Gasteiger partial charge < -0.3 is 5.32 Å². The molecule has 5 nitrogen and oxygen atoms in total. The first-order valence-electron chi connectivity index (χ1n) is 8.97. The van der Waals surface area contributed by atoms with E-state index in [1.165, 1.54) is 30.4 Å². The molecule has 0 radical (unpaired) electrons. The number of aromatic nitrogens is 1. The van der Waals surface area contributed by atoms with Gasteiger partial charge in [-0.1, -0.05) is 49.2 Å². The lowest BCUT2D eigenvalue weighted by Gasteiger charge is -2.20. The molecule has 0 saturated heterocycles. The Labute approximate surface area is 170 Å². The highest BCUT2D eigenvalue weighted by Crippen LogP contribution is 2.35. The van der Waals surface area contributed by atoms with E-state index in [-0.39, 0.29) is 18.1 Å². The second-order valence-electron chi connectivity index (χ2n) is 6.96. The van der Waals surface area contributed by atoms with E-state index in [1.807, 2.05) is 6.26 Å². The van der Waals surface area contributed by atoms with Crippen molar-refractivity contribution in [1.82, 2.24) is 4.98 Å². The maximum Gasteiger partial charge on any atom is 0.233 e. The highest BCUT2D eigenvalue weighted by molar-refractivity contribution is 8.00. The number of hydrogen-bond acceptors (Lipinski definition) is 6. The van der Waals surface area contributed by atoms with Crippen LogP contribution in [0.4, 0.5) is 5.13 Å². The van der Waals surface area contributed by atoms with E-state index in [2.05, 4.69) is 10.3 Å². The molecular formula is C19H26N2O3S3. The van der Waals surface area contributed by atoms with Gasteiger partial charge in [0.2, 0.25) is 5.91 Å². The summed E-state index contributed by atoms with van der Waals surface area (Å²) in [4.78, 5) is 17.6. The third-order valence-corrected chi connectivity index (χ3v) is 8.08. The van der Waals surface area contributed by atoms with E-state index in [0.717, 1.165) is 29.0 Å². The van der Waals surface area contributed by atoms with Gasteiger partial charge in [0.05, 0.1) is 21.2 Å². The summed E-state index contributed by atoms with van der Waals surface area (Å²) in [6, 6.07) is 6.72. The molecule has 27 heavy (non-hydrogen) atoms. The molecule has 1 heterocycles. The third kappa shape index (κ3) is 5.33. The predicted molar refractivity (Wildman–Crippen MR) is 114 cm³/mol. The number of benzene rings is 1. The average molecular weight is 427 g/mol. The lowest BCUT2D eigenvalue weighted by atomic mass is 9.87. The van der Waals surface area contributed by atoms with Crippen molar-refractivity contribution < 1.29 is 14.6 Å². The molecule has 0 bridgehead atoms. The van der Waals surface area contributed by atoms with Crippen LogP contribution in [-0.2, 0) is 14.6 Å². The number of hydrogen-bond donors (Lipinski definition) is 1. The Morgan fingerprint density at radius 2 is 2.00 bits per heavy atom. The molecule has 148 valence electrons. The van der Waals surface area contributed by atoms with Gasteiger partial charge in [0, 0.05) is 7.68 Å². The van der Waals surface area contributed by atoms with Crippen LogP contribution in [0.25, 0.3) is 0 Å². The zero-order valence-corrected chi connectivity index (χ0v) is 17.9. The van der Waals surface area contributed by atoms with Gasteiger partial charge in [0.25, 0.3) is 0 Å². The lowest BCUT2D eigenvalue weighted by Crippen LogP contribution is -2.23. The number of carbonyl (C=O) groups excluding carboxylic acids is 1. The number of thiazole rings is 1. The summed E-state index contributed by atoms with van der Waals surface area (Å²) in [5.41, 5.74) is 0.855. The molecule has 1 amide bonds. The average Bonchev–Trinajstić information content (AvgIpc) is 3.30. The van der Waals surface area contributed by atoms with Crippen molar-refractivity contribution in [1.29, 1.82) is 0 Å².